The molecule has 0 radical (unpaired) electrons. The van der Waals surface area contributed by atoms with E-state index in [1.165, 1.54) is 0 Å². The summed E-state index contributed by atoms with van der Waals surface area (Å²) in [4.78, 5) is 2.01. The van der Waals surface area contributed by atoms with Crippen LogP contribution < -0.4 is 5.32 Å². The summed E-state index contributed by atoms with van der Waals surface area (Å²) >= 11 is 5.40. The van der Waals surface area contributed by atoms with E-state index < -0.39 is 0 Å². The summed E-state index contributed by atoms with van der Waals surface area (Å²) in [5.41, 5.74) is 2.16. The van der Waals surface area contributed by atoms with E-state index >= 15 is 0 Å². The zero-order chi connectivity index (χ0) is 13.7. The minimum atomic E-state index is 0.704. The molecule has 0 fully saturated rings. The first-order chi connectivity index (χ1) is 9.20. The van der Waals surface area contributed by atoms with Crippen molar-refractivity contribution in [2.45, 2.75) is 20.0 Å². The molecule has 0 atom stereocenters. The van der Waals surface area contributed by atoms with Gasteiger partial charge in [0.1, 0.15) is 0 Å². The highest BCUT2D eigenvalue weighted by Crippen LogP contribution is 2.08. The molecular weight excluding hydrogens is 256 g/mol. The molecule has 0 spiro atoms. The van der Waals surface area contributed by atoms with Crippen molar-refractivity contribution >= 4 is 23.0 Å². The van der Waals surface area contributed by atoms with Crippen molar-refractivity contribution in [3.8, 4) is 0 Å². The maximum atomic E-state index is 5.40. The highest BCUT2D eigenvalue weighted by molar-refractivity contribution is 7.80. The number of aryl methyl sites for hydroxylation is 1. The second kappa shape index (κ2) is 6.33. The Kier molecular flexibility index (Phi) is 4.52. The van der Waals surface area contributed by atoms with E-state index in [9.17, 15) is 0 Å². The Hall–Kier alpha value is -1.88. The third kappa shape index (κ3) is 3.54. The molecule has 100 valence electrons. The van der Waals surface area contributed by atoms with Crippen LogP contribution in [0.15, 0.2) is 42.6 Å². The van der Waals surface area contributed by atoms with Crippen molar-refractivity contribution in [2.75, 3.05) is 12.4 Å². The SMILES string of the molecule is CCn1nccc1CN(C)C(=S)Nc1ccccc1. The molecule has 0 aliphatic rings. The summed E-state index contributed by atoms with van der Waals surface area (Å²) in [5, 5.41) is 8.18. The fraction of sp³-hybridized carbons (Fsp3) is 0.286. The van der Waals surface area contributed by atoms with Gasteiger partial charge in [0, 0.05) is 25.5 Å². The van der Waals surface area contributed by atoms with Gasteiger partial charge in [-0.05, 0) is 37.3 Å². The van der Waals surface area contributed by atoms with Gasteiger partial charge in [0.25, 0.3) is 0 Å². The zero-order valence-corrected chi connectivity index (χ0v) is 12.0. The van der Waals surface area contributed by atoms with Crippen molar-refractivity contribution in [2.24, 2.45) is 0 Å². The summed E-state index contributed by atoms with van der Waals surface area (Å²) in [5.74, 6) is 0. The van der Waals surface area contributed by atoms with E-state index in [0.29, 0.717) is 5.11 Å². The molecule has 0 aliphatic heterocycles. The number of thiocarbonyl (C=S) groups is 1. The number of rotatable bonds is 4. The van der Waals surface area contributed by atoms with Crippen molar-refractivity contribution in [3.63, 3.8) is 0 Å². The quantitative estimate of drug-likeness (QED) is 0.869. The number of benzene rings is 1. The second-order valence-electron chi connectivity index (χ2n) is 4.29. The highest BCUT2D eigenvalue weighted by Gasteiger charge is 2.08. The van der Waals surface area contributed by atoms with Gasteiger partial charge in [-0.1, -0.05) is 18.2 Å². The van der Waals surface area contributed by atoms with Gasteiger partial charge in [-0.2, -0.15) is 5.10 Å². The Bertz CT molecular complexity index is 535. The molecule has 4 nitrogen and oxygen atoms in total. The first-order valence-corrected chi connectivity index (χ1v) is 6.69. The topological polar surface area (TPSA) is 33.1 Å². The van der Waals surface area contributed by atoms with E-state index in [0.717, 1.165) is 24.5 Å². The van der Waals surface area contributed by atoms with Gasteiger partial charge in [0.05, 0.1) is 12.2 Å². The minimum absolute atomic E-state index is 0.704. The largest absolute Gasteiger partial charge is 0.346 e. The lowest BCUT2D eigenvalue weighted by Crippen LogP contribution is -2.31. The summed E-state index contributed by atoms with van der Waals surface area (Å²) < 4.78 is 1.97. The molecule has 19 heavy (non-hydrogen) atoms. The lowest BCUT2D eigenvalue weighted by atomic mass is 10.3. The molecular formula is C14H18N4S. The number of nitrogens with zero attached hydrogens (tertiary/aromatic N) is 3. The number of nitrogens with one attached hydrogen (secondary N) is 1. The Balaban J connectivity index is 1.96. The van der Waals surface area contributed by atoms with Crippen LogP contribution in [0.1, 0.15) is 12.6 Å². The monoisotopic (exact) mass is 274 g/mol. The molecule has 0 amide bonds. The molecule has 1 aromatic heterocycles. The van der Waals surface area contributed by atoms with Crippen molar-refractivity contribution in [3.05, 3.63) is 48.3 Å². The van der Waals surface area contributed by atoms with Crippen LogP contribution in [0.3, 0.4) is 0 Å². The van der Waals surface area contributed by atoms with Crippen LogP contribution in [0, 0.1) is 0 Å². The number of hydrogen-bond donors (Lipinski definition) is 1. The molecule has 2 rings (SSSR count). The standard InChI is InChI=1S/C14H18N4S/c1-3-18-13(9-10-15-18)11-17(2)14(19)16-12-7-5-4-6-8-12/h4-10H,3,11H2,1-2H3,(H,16,19). The Morgan fingerprint density at radius 3 is 2.74 bits per heavy atom. The van der Waals surface area contributed by atoms with Gasteiger partial charge in [-0.25, -0.2) is 0 Å². The first kappa shape index (κ1) is 13.5. The van der Waals surface area contributed by atoms with Gasteiger partial charge in [0.2, 0.25) is 0 Å². The maximum Gasteiger partial charge on any atom is 0.173 e. The van der Waals surface area contributed by atoms with Crippen molar-refractivity contribution < 1.29 is 0 Å². The molecule has 1 aromatic carbocycles. The van der Waals surface area contributed by atoms with E-state index in [2.05, 4.69) is 17.3 Å². The highest BCUT2D eigenvalue weighted by atomic mass is 32.1. The Labute approximate surface area is 119 Å². The van der Waals surface area contributed by atoms with Gasteiger partial charge < -0.3 is 10.2 Å². The van der Waals surface area contributed by atoms with Crippen LogP contribution in [-0.4, -0.2) is 26.8 Å². The third-order valence-corrected chi connectivity index (χ3v) is 3.29. The minimum Gasteiger partial charge on any atom is -0.346 e. The summed E-state index contributed by atoms with van der Waals surface area (Å²) in [6.45, 7) is 3.69. The van der Waals surface area contributed by atoms with E-state index in [1.807, 2.05) is 59.2 Å². The summed E-state index contributed by atoms with van der Waals surface area (Å²) in [6, 6.07) is 12.0. The van der Waals surface area contributed by atoms with Crippen molar-refractivity contribution in [1.29, 1.82) is 0 Å². The van der Waals surface area contributed by atoms with Crippen LogP contribution in [-0.2, 0) is 13.1 Å². The van der Waals surface area contributed by atoms with Gasteiger partial charge >= 0.3 is 0 Å². The average molecular weight is 274 g/mol. The van der Waals surface area contributed by atoms with E-state index in [-0.39, 0.29) is 0 Å². The molecule has 0 saturated carbocycles. The van der Waals surface area contributed by atoms with Gasteiger partial charge in [-0.3, -0.25) is 4.68 Å². The number of anilines is 1. The molecule has 0 bridgehead atoms. The number of para-hydroxylation sites is 1. The molecule has 5 heteroatoms. The van der Waals surface area contributed by atoms with Crippen LogP contribution in [0.2, 0.25) is 0 Å². The smallest absolute Gasteiger partial charge is 0.173 e. The number of aromatic nitrogens is 2. The lowest BCUT2D eigenvalue weighted by molar-refractivity contribution is 0.471. The molecule has 1 heterocycles. The Morgan fingerprint density at radius 2 is 2.05 bits per heavy atom. The third-order valence-electron chi connectivity index (χ3n) is 2.87. The summed E-state index contributed by atoms with van der Waals surface area (Å²) in [6.07, 6.45) is 1.82. The summed E-state index contributed by atoms with van der Waals surface area (Å²) in [7, 11) is 1.98. The van der Waals surface area contributed by atoms with E-state index in [1.54, 1.807) is 0 Å². The number of hydrogen-bond acceptors (Lipinski definition) is 2. The van der Waals surface area contributed by atoms with Gasteiger partial charge in [-0.15, -0.1) is 0 Å². The predicted molar refractivity (Wildman–Crippen MR) is 82.0 cm³/mol. The van der Waals surface area contributed by atoms with Crippen molar-refractivity contribution in [1.82, 2.24) is 14.7 Å². The van der Waals surface area contributed by atoms with Crippen LogP contribution in [0.5, 0.6) is 0 Å². The molecule has 0 aliphatic carbocycles. The zero-order valence-electron chi connectivity index (χ0n) is 11.2. The van der Waals surface area contributed by atoms with E-state index in [4.69, 9.17) is 12.2 Å². The normalized spacial score (nSPS) is 10.2. The molecule has 2 aromatic rings. The first-order valence-electron chi connectivity index (χ1n) is 6.28. The molecule has 0 saturated heterocycles. The Morgan fingerprint density at radius 1 is 1.32 bits per heavy atom. The predicted octanol–water partition coefficient (Wildman–Crippen LogP) is 2.73. The maximum absolute atomic E-state index is 5.40. The molecule has 1 N–H and O–H groups in total. The second-order valence-corrected chi connectivity index (χ2v) is 4.68. The van der Waals surface area contributed by atoms with Crippen LogP contribution in [0.25, 0.3) is 0 Å². The fourth-order valence-electron chi connectivity index (χ4n) is 1.83. The van der Waals surface area contributed by atoms with Crippen LogP contribution >= 0.6 is 12.2 Å². The van der Waals surface area contributed by atoms with Gasteiger partial charge in [0.15, 0.2) is 5.11 Å². The lowest BCUT2D eigenvalue weighted by Gasteiger charge is -2.21. The molecule has 0 unspecified atom stereocenters. The average Bonchev–Trinajstić information content (AvgIpc) is 2.87. The van der Waals surface area contributed by atoms with Crippen LogP contribution in [0.4, 0.5) is 5.69 Å². The fourth-order valence-corrected chi connectivity index (χ4v) is 2.02.